The quantitative estimate of drug-likeness (QED) is 0.367. The Bertz CT molecular complexity index is 939. The molecule has 1 aliphatic heterocycles. The van der Waals surface area contributed by atoms with Crippen LogP contribution in [0.3, 0.4) is 0 Å². The fourth-order valence-corrected chi connectivity index (χ4v) is 4.02. The number of nitrogens with zero attached hydrogens (tertiary/aromatic N) is 3. The van der Waals surface area contributed by atoms with Crippen LogP contribution in [0.25, 0.3) is 5.57 Å². The molecule has 1 aromatic carbocycles. The van der Waals surface area contributed by atoms with Crippen LogP contribution in [0.15, 0.2) is 54.5 Å². The van der Waals surface area contributed by atoms with E-state index in [1.54, 1.807) is 19.5 Å². The molecule has 170 valence electrons. The number of pyridine rings is 1. The van der Waals surface area contributed by atoms with Crippen LogP contribution in [0, 0.1) is 0 Å². The van der Waals surface area contributed by atoms with Gasteiger partial charge in [-0.25, -0.2) is 0 Å². The van der Waals surface area contributed by atoms with Crippen molar-refractivity contribution in [3.05, 3.63) is 65.6 Å². The molecule has 0 atom stereocenters. The highest BCUT2D eigenvalue weighted by molar-refractivity contribution is 6.35. The average Bonchev–Trinajstić information content (AvgIpc) is 3.07. The molecule has 0 unspecified atom stereocenters. The molecule has 0 fully saturated rings. The third kappa shape index (κ3) is 5.36. The van der Waals surface area contributed by atoms with E-state index in [1.807, 2.05) is 48.2 Å². The molecule has 6 nitrogen and oxygen atoms in total. The number of likely N-dealkylation sites (N-methyl/N-ethyl adjacent to an activating group) is 1. The van der Waals surface area contributed by atoms with Gasteiger partial charge in [-0.15, -0.1) is 0 Å². The summed E-state index contributed by atoms with van der Waals surface area (Å²) in [7, 11) is 1.61. The summed E-state index contributed by atoms with van der Waals surface area (Å²) in [5.41, 5.74) is 2.90. The lowest BCUT2D eigenvalue weighted by atomic mass is 10.0. The van der Waals surface area contributed by atoms with Gasteiger partial charge in [-0.3, -0.25) is 19.5 Å². The van der Waals surface area contributed by atoms with Gasteiger partial charge in [0.05, 0.1) is 12.7 Å². The number of carbonyl (C=O) groups is 2. The molecular formula is C26H33N3O3. The Balaban J connectivity index is 1.91. The van der Waals surface area contributed by atoms with Crippen molar-refractivity contribution in [3.63, 3.8) is 0 Å². The lowest BCUT2D eigenvalue weighted by molar-refractivity contribution is -0.137. The van der Waals surface area contributed by atoms with E-state index < -0.39 is 0 Å². The van der Waals surface area contributed by atoms with Crippen molar-refractivity contribution in [2.24, 2.45) is 0 Å². The Morgan fingerprint density at radius 1 is 0.938 bits per heavy atom. The van der Waals surface area contributed by atoms with Gasteiger partial charge < -0.3 is 9.64 Å². The van der Waals surface area contributed by atoms with E-state index in [0.717, 1.165) is 43.2 Å². The minimum Gasteiger partial charge on any atom is -0.497 e. The van der Waals surface area contributed by atoms with E-state index in [0.29, 0.717) is 36.7 Å². The normalized spacial score (nSPS) is 13.8. The van der Waals surface area contributed by atoms with Crippen LogP contribution in [0.2, 0.25) is 0 Å². The van der Waals surface area contributed by atoms with Gasteiger partial charge in [-0.05, 0) is 55.2 Å². The van der Waals surface area contributed by atoms with Crippen LogP contribution in [0.5, 0.6) is 5.75 Å². The molecule has 0 saturated carbocycles. The largest absolute Gasteiger partial charge is 0.497 e. The predicted octanol–water partition coefficient (Wildman–Crippen LogP) is 4.32. The van der Waals surface area contributed by atoms with Crippen molar-refractivity contribution in [1.29, 1.82) is 0 Å². The second kappa shape index (κ2) is 11.5. The van der Waals surface area contributed by atoms with Crippen molar-refractivity contribution in [1.82, 2.24) is 14.8 Å². The number of rotatable bonds is 12. The molecule has 0 saturated heterocycles. The Morgan fingerprint density at radius 2 is 1.66 bits per heavy atom. The summed E-state index contributed by atoms with van der Waals surface area (Å²) in [5, 5.41) is 0. The lowest BCUT2D eigenvalue weighted by Gasteiger charge is -2.25. The smallest absolute Gasteiger partial charge is 0.277 e. The van der Waals surface area contributed by atoms with E-state index >= 15 is 0 Å². The molecule has 1 aromatic heterocycles. The third-order valence-corrected chi connectivity index (χ3v) is 5.88. The first-order valence-electron chi connectivity index (χ1n) is 11.5. The summed E-state index contributed by atoms with van der Waals surface area (Å²) in [6, 6.07) is 11.3. The number of ether oxygens (including phenoxy) is 1. The molecule has 0 N–H and O–H groups in total. The average molecular weight is 436 g/mol. The molecule has 2 amide bonds. The number of unbranched alkanes of at least 4 members (excludes halogenated alkanes) is 3. The number of amides is 2. The van der Waals surface area contributed by atoms with Crippen molar-refractivity contribution in [3.8, 4) is 5.75 Å². The van der Waals surface area contributed by atoms with Crippen molar-refractivity contribution < 1.29 is 14.3 Å². The van der Waals surface area contributed by atoms with E-state index in [-0.39, 0.29) is 11.8 Å². The topological polar surface area (TPSA) is 62.7 Å². The van der Waals surface area contributed by atoms with Crippen LogP contribution in [0.1, 0.15) is 50.7 Å². The van der Waals surface area contributed by atoms with Crippen LogP contribution in [-0.4, -0.2) is 53.3 Å². The molecular weight excluding hydrogens is 402 g/mol. The van der Waals surface area contributed by atoms with Crippen LogP contribution >= 0.6 is 0 Å². The number of benzene rings is 1. The summed E-state index contributed by atoms with van der Waals surface area (Å²) in [4.78, 5) is 34.4. The van der Waals surface area contributed by atoms with Crippen LogP contribution in [-0.2, 0) is 16.0 Å². The molecule has 1 aliphatic rings. The van der Waals surface area contributed by atoms with Crippen molar-refractivity contribution in [2.45, 2.75) is 46.0 Å². The number of hydrogen-bond acceptors (Lipinski definition) is 5. The molecule has 0 spiro atoms. The molecule has 2 heterocycles. The maximum absolute atomic E-state index is 13.5. The Hall–Kier alpha value is -3.15. The first-order chi connectivity index (χ1) is 15.6. The minimum absolute atomic E-state index is 0.186. The van der Waals surface area contributed by atoms with E-state index in [2.05, 4.69) is 11.9 Å². The zero-order valence-corrected chi connectivity index (χ0v) is 19.3. The standard InChI is InChI=1S/C26H33N3O3/c1-4-6-7-8-18-29-25(30)23(21-9-11-22(32-3)12-10-21)24(26(29)31)28(5-2)19-15-20-13-16-27-17-14-20/h9-14,16-17H,4-8,15,18-19H2,1-3H3. The third-order valence-electron chi connectivity index (χ3n) is 5.88. The van der Waals surface area contributed by atoms with Gasteiger partial charge in [0.15, 0.2) is 0 Å². The lowest BCUT2D eigenvalue weighted by Crippen LogP contribution is -2.36. The molecule has 3 rings (SSSR count). The first-order valence-corrected chi connectivity index (χ1v) is 11.5. The zero-order chi connectivity index (χ0) is 22.9. The number of carbonyl (C=O) groups excluding carboxylic acids is 2. The van der Waals surface area contributed by atoms with Crippen LogP contribution < -0.4 is 4.74 Å². The summed E-state index contributed by atoms with van der Waals surface area (Å²) >= 11 is 0. The van der Waals surface area contributed by atoms with Gasteiger partial charge in [0.1, 0.15) is 11.4 Å². The highest BCUT2D eigenvalue weighted by Gasteiger charge is 2.40. The number of aromatic nitrogens is 1. The fraction of sp³-hybridized carbons (Fsp3) is 0.423. The monoisotopic (exact) mass is 435 g/mol. The number of methoxy groups -OCH3 is 1. The molecule has 0 radical (unpaired) electrons. The molecule has 0 aliphatic carbocycles. The second-order valence-corrected chi connectivity index (χ2v) is 7.96. The van der Waals surface area contributed by atoms with E-state index in [1.165, 1.54) is 4.90 Å². The van der Waals surface area contributed by atoms with Gasteiger partial charge in [0, 0.05) is 32.0 Å². The van der Waals surface area contributed by atoms with Gasteiger partial charge in [0.25, 0.3) is 11.8 Å². The number of hydrogen-bond donors (Lipinski definition) is 0. The van der Waals surface area contributed by atoms with E-state index in [9.17, 15) is 9.59 Å². The van der Waals surface area contributed by atoms with Gasteiger partial charge >= 0.3 is 0 Å². The summed E-state index contributed by atoms with van der Waals surface area (Å²) in [5.74, 6) is 0.331. The first kappa shape index (κ1) is 23.5. The Morgan fingerprint density at radius 3 is 2.28 bits per heavy atom. The van der Waals surface area contributed by atoms with Gasteiger partial charge in [0.2, 0.25) is 0 Å². The second-order valence-electron chi connectivity index (χ2n) is 7.96. The molecule has 0 bridgehead atoms. The zero-order valence-electron chi connectivity index (χ0n) is 19.3. The summed E-state index contributed by atoms with van der Waals surface area (Å²) in [6.45, 7) is 5.92. The molecule has 6 heteroatoms. The maximum Gasteiger partial charge on any atom is 0.277 e. The van der Waals surface area contributed by atoms with Crippen molar-refractivity contribution in [2.75, 3.05) is 26.7 Å². The number of imide groups is 1. The van der Waals surface area contributed by atoms with E-state index in [4.69, 9.17) is 4.74 Å². The van der Waals surface area contributed by atoms with Crippen LogP contribution in [0.4, 0.5) is 0 Å². The molecule has 2 aromatic rings. The Kier molecular flexibility index (Phi) is 8.42. The highest BCUT2D eigenvalue weighted by Crippen LogP contribution is 2.33. The van der Waals surface area contributed by atoms with Gasteiger partial charge in [-0.1, -0.05) is 38.3 Å². The minimum atomic E-state index is -0.200. The molecule has 32 heavy (non-hydrogen) atoms. The SMILES string of the molecule is CCCCCCN1C(=O)C(c2ccc(OC)cc2)=C(N(CC)CCc2ccncc2)C1=O. The van der Waals surface area contributed by atoms with Gasteiger partial charge in [-0.2, -0.15) is 0 Å². The maximum atomic E-state index is 13.5. The summed E-state index contributed by atoms with van der Waals surface area (Å²) in [6.07, 6.45) is 8.38. The summed E-state index contributed by atoms with van der Waals surface area (Å²) < 4.78 is 5.27. The van der Waals surface area contributed by atoms with Crippen molar-refractivity contribution >= 4 is 17.4 Å². The fourth-order valence-electron chi connectivity index (χ4n) is 4.02. The highest BCUT2D eigenvalue weighted by atomic mass is 16.5. The predicted molar refractivity (Wildman–Crippen MR) is 126 cm³/mol. The Labute approximate surface area is 190 Å².